The number of carbonyl (C=O) groups excluding carboxylic acids is 1. The maximum absolute atomic E-state index is 12.7. The number of nitrogens with zero attached hydrogens (tertiary/aromatic N) is 2. The van der Waals surface area contributed by atoms with Crippen LogP contribution in [0.5, 0.6) is 0 Å². The van der Waals surface area contributed by atoms with Gasteiger partial charge in [0.15, 0.2) is 5.69 Å². The van der Waals surface area contributed by atoms with Gasteiger partial charge in [0.25, 0.3) is 5.91 Å². The van der Waals surface area contributed by atoms with Gasteiger partial charge in [0, 0.05) is 18.2 Å². The zero-order valence-corrected chi connectivity index (χ0v) is 12.4. The molecule has 22 heavy (non-hydrogen) atoms. The van der Waals surface area contributed by atoms with Crippen LogP contribution in [0, 0.1) is 6.92 Å². The summed E-state index contributed by atoms with van der Waals surface area (Å²) in [4.78, 5) is 17.1. The number of imidazole rings is 1. The van der Waals surface area contributed by atoms with E-state index in [1.165, 1.54) is 0 Å². The predicted molar refractivity (Wildman–Crippen MR) is 81.8 cm³/mol. The topological polar surface area (TPSA) is 59.5 Å². The van der Waals surface area contributed by atoms with Crippen LogP contribution in [0.15, 0.2) is 41.1 Å². The van der Waals surface area contributed by atoms with Gasteiger partial charge in [-0.3, -0.25) is 4.79 Å². The highest BCUT2D eigenvalue weighted by Crippen LogP contribution is 2.30. The second kappa shape index (κ2) is 5.02. The van der Waals surface area contributed by atoms with Gasteiger partial charge in [0.2, 0.25) is 0 Å². The summed E-state index contributed by atoms with van der Waals surface area (Å²) < 4.78 is 7.41. The predicted octanol–water partition coefficient (Wildman–Crippen LogP) is 3.04. The molecule has 1 N–H and O–H groups in total. The van der Waals surface area contributed by atoms with E-state index in [1.807, 2.05) is 41.8 Å². The number of nitrogens with one attached hydrogen (secondary N) is 1. The Morgan fingerprint density at radius 1 is 1.41 bits per heavy atom. The molecule has 1 aliphatic rings. The van der Waals surface area contributed by atoms with Gasteiger partial charge in [-0.2, -0.15) is 0 Å². The van der Waals surface area contributed by atoms with Gasteiger partial charge in [-0.25, -0.2) is 4.98 Å². The lowest BCUT2D eigenvalue weighted by molar-refractivity contribution is 0.0929. The summed E-state index contributed by atoms with van der Waals surface area (Å²) in [5.41, 5.74) is 2.41. The van der Waals surface area contributed by atoms with Crippen LogP contribution in [0.25, 0.3) is 5.52 Å². The molecule has 0 aromatic carbocycles. The van der Waals surface area contributed by atoms with E-state index >= 15 is 0 Å². The van der Waals surface area contributed by atoms with E-state index in [1.54, 1.807) is 6.26 Å². The molecule has 0 spiro atoms. The average molecular weight is 295 g/mol. The summed E-state index contributed by atoms with van der Waals surface area (Å²) in [6.07, 6.45) is 6.52. The Morgan fingerprint density at radius 2 is 2.32 bits per heavy atom. The lowest BCUT2D eigenvalue weighted by atomic mass is 9.93. The first kappa shape index (κ1) is 13.1. The van der Waals surface area contributed by atoms with Crippen molar-refractivity contribution in [2.75, 3.05) is 0 Å². The summed E-state index contributed by atoms with van der Waals surface area (Å²) in [7, 11) is 0. The standard InChI is InChI=1S/C17H17N3O2/c1-11-18-16(14-6-2-3-9-20(11)14)17(21)19-13-5-4-7-15-12(13)8-10-22-15/h2-3,6,8-10,13H,4-5,7H2,1H3,(H,19,21)/t13-/m1/s1. The maximum atomic E-state index is 12.7. The largest absolute Gasteiger partial charge is 0.469 e. The van der Waals surface area contributed by atoms with E-state index in [4.69, 9.17) is 4.42 Å². The van der Waals surface area contributed by atoms with Crippen LogP contribution in [0.2, 0.25) is 0 Å². The molecule has 3 heterocycles. The summed E-state index contributed by atoms with van der Waals surface area (Å²) in [5, 5.41) is 3.11. The lowest BCUT2D eigenvalue weighted by Crippen LogP contribution is -2.30. The zero-order chi connectivity index (χ0) is 15.1. The summed E-state index contributed by atoms with van der Waals surface area (Å²) in [5.74, 6) is 1.67. The summed E-state index contributed by atoms with van der Waals surface area (Å²) >= 11 is 0. The van der Waals surface area contributed by atoms with Crippen molar-refractivity contribution in [3.05, 3.63) is 59.6 Å². The fourth-order valence-corrected chi connectivity index (χ4v) is 3.22. The highest BCUT2D eigenvalue weighted by atomic mass is 16.3. The Labute approximate surface area is 128 Å². The highest BCUT2D eigenvalue weighted by molar-refractivity contribution is 5.99. The monoisotopic (exact) mass is 295 g/mol. The van der Waals surface area contributed by atoms with Crippen molar-refractivity contribution in [2.45, 2.75) is 32.2 Å². The van der Waals surface area contributed by atoms with Gasteiger partial charge in [-0.15, -0.1) is 0 Å². The third-order valence-electron chi connectivity index (χ3n) is 4.30. The number of aromatic nitrogens is 2. The molecule has 0 fully saturated rings. The molecule has 0 radical (unpaired) electrons. The molecule has 0 saturated heterocycles. The first-order chi connectivity index (χ1) is 10.7. The third-order valence-corrected chi connectivity index (χ3v) is 4.30. The molecule has 1 amide bonds. The van der Waals surface area contributed by atoms with Gasteiger partial charge in [0.1, 0.15) is 11.6 Å². The molecule has 1 aliphatic carbocycles. The Hall–Kier alpha value is -2.56. The molecule has 3 aromatic rings. The minimum Gasteiger partial charge on any atom is -0.469 e. The maximum Gasteiger partial charge on any atom is 0.272 e. The van der Waals surface area contributed by atoms with Crippen molar-refractivity contribution in [3.63, 3.8) is 0 Å². The van der Waals surface area contributed by atoms with Crippen molar-refractivity contribution in [1.82, 2.24) is 14.7 Å². The van der Waals surface area contributed by atoms with E-state index in [0.29, 0.717) is 5.69 Å². The van der Waals surface area contributed by atoms with Gasteiger partial charge >= 0.3 is 0 Å². The molecular formula is C17H17N3O2. The van der Waals surface area contributed by atoms with Gasteiger partial charge in [0.05, 0.1) is 17.8 Å². The molecule has 0 bridgehead atoms. The minimum atomic E-state index is -0.129. The number of hydrogen-bond acceptors (Lipinski definition) is 3. The number of fused-ring (bicyclic) bond motifs is 2. The van der Waals surface area contributed by atoms with Crippen LogP contribution in [0.3, 0.4) is 0 Å². The minimum absolute atomic E-state index is 0.00997. The molecule has 0 saturated carbocycles. The van der Waals surface area contributed by atoms with Crippen LogP contribution in [-0.2, 0) is 6.42 Å². The second-order valence-electron chi connectivity index (χ2n) is 5.68. The van der Waals surface area contributed by atoms with Crippen LogP contribution >= 0.6 is 0 Å². The van der Waals surface area contributed by atoms with Crippen molar-refractivity contribution < 1.29 is 9.21 Å². The summed E-state index contributed by atoms with van der Waals surface area (Å²) in [6, 6.07) is 7.73. The van der Waals surface area contributed by atoms with Gasteiger partial charge in [-0.05, 0) is 38.0 Å². The SMILES string of the molecule is Cc1nc(C(=O)N[C@@H]2CCCc3occc32)c2ccccn12. The Bertz CT molecular complexity index is 847. The van der Waals surface area contributed by atoms with E-state index < -0.39 is 0 Å². The number of furan rings is 1. The first-order valence-electron chi connectivity index (χ1n) is 7.55. The van der Waals surface area contributed by atoms with E-state index in [0.717, 1.165) is 41.9 Å². The first-order valence-corrected chi connectivity index (χ1v) is 7.55. The Kier molecular flexibility index (Phi) is 2.99. The quantitative estimate of drug-likeness (QED) is 0.790. The number of hydrogen-bond donors (Lipinski definition) is 1. The van der Waals surface area contributed by atoms with Crippen molar-refractivity contribution in [1.29, 1.82) is 0 Å². The fourth-order valence-electron chi connectivity index (χ4n) is 3.22. The number of carbonyl (C=O) groups is 1. The number of aryl methyl sites for hydroxylation is 2. The third kappa shape index (κ3) is 2.01. The smallest absolute Gasteiger partial charge is 0.272 e. The zero-order valence-electron chi connectivity index (χ0n) is 12.4. The molecule has 0 unspecified atom stereocenters. The highest BCUT2D eigenvalue weighted by Gasteiger charge is 2.26. The average Bonchev–Trinajstić information content (AvgIpc) is 3.13. The molecule has 3 aromatic heterocycles. The molecule has 1 atom stereocenters. The molecule has 112 valence electrons. The fraction of sp³-hybridized carbons (Fsp3) is 0.294. The van der Waals surface area contributed by atoms with Crippen molar-refractivity contribution in [2.24, 2.45) is 0 Å². The molecule has 0 aliphatic heterocycles. The van der Waals surface area contributed by atoms with E-state index in [2.05, 4.69) is 10.3 Å². The molecular weight excluding hydrogens is 278 g/mol. The van der Waals surface area contributed by atoms with Crippen LogP contribution in [-0.4, -0.2) is 15.3 Å². The molecule has 5 nitrogen and oxygen atoms in total. The van der Waals surface area contributed by atoms with E-state index in [9.17, 15) is 4.79 Å². The van der Waals surface area contributed by atoms with Gasteiger partial charge in [-0.1, -0.05) is 6.07 Å². The Morgan fingerprint density at radius 3 is 3.23 bits per heavy atom. The Balaban J connectivity index is 1.66. The normalized spacial score (nSPS) is 17.4. The van der Waals surface area contributed by atoms with Crippen LogP contribution in [0.1, 0.15) is 46.5 Å². The van der Waals surface area contributed by atoms with Gasteiger partial charge < -0.3 is 14.1 Å². The second-order valence-corrected chi connectivity index (χ2v) is 5.68. The number of pyridine rings is 1. The summed E-state index contributed by atoms with van der Waals surface area (Å²) in [6.45, 7) is 1.90. The lowest BCUT2D eigenvalue weighted by Gasteiger charge is -2.22. The molecule has 5 heteroatoms. The molecule has 4 rings (SSSR count). The van der Waals surface area contributed by atoms with Crippen molar-refractivity contribution in [3.8, 4) is 0 Å². The van der Waals surface area contributed by atoms with Crippen LogP contribution in [0.4, 0.5) is 0 Å². The van der Waals surface area contributed by atoms with E-state index in [-0.39, 0.29) is 11.9 Å². The number of rotatable bonds is 2. The number of amides is 1. The van der Waals surface area contributed by atoms with Crippen molar-refractivity contribution >= 4 is 11.4 Å². The van der Waals surface area contributed by atoms with Crippen LogP contribution < -0.4 is 5.32 Å².